The molecule has 9 heteroatoms. The van der Waals surface area contributed by atoms with Crippen molar-refractivity contribution >= 4 is 11.8 Å². The fourth-order valence-electron chi connectivity index (χ4n) is 4.99. The number of hydrogen-bond donors (Lipinski definition) is 2. The molecule has 2 fully saturated rings. The van der Waals surface area contributed by atoms with Crippen LogP contribution in [0.3, 0.4) is 0 Å². The van der Waals surface area contributed by atoms with E-state index in [-0.39, 0.29) is 0 Å². The number of anilines is 1. The fraction of sp³-hybridized carbons (Fsp3) is 0.500. The first-order chi connectivity index (χ1) is 15.1. The van der Waals surface area contributed by atoms with Gasteiger partial charge in [0.05, 0.1) is 0 Å². The van der Waals surface area contributed by atoms with Gasteiger partial charge in [-0.15, -0.1) is 0 Å². The number of pyridine rings is 1. The minimum atomic E-state index is -0.662. The van der Waals surface area contributed by atoms with Gasteiger partial charge in [0.15, 0.2) is 18.0 Å². The minimum Gasteiger partial charge on any atom is -0.481 e. The number of carbonyl (C=O) groups is 1. The van der Waals surface area contributed by atoms with E-state index >= 15 is 0 Å². The third-order valence-corrected chi connectivity index (χ3v) is 6.94. The molecule has 1 saturated heterocycles. The van der Waals surface area contributed by atoms with Crippen molar-refractivity contribution in [3.8, 4) is 22.9 Å². The van der Waals surface area contributed by atoms with Crippen LogP contribution in [-0.2, 0) is 4.79 Å². The Morgan fingerprint density at radius 3 is 2.65 bits per heavy atom. The molecular formula is C22H26N6O3. The van der Waals surface area contributed by atoms with E-state index in [0.717, 1.165) is 63.0 Å². The van der Waals surface area contributed by atoms with Gasteiger partial charge in [0, 0.05) is 31.3 Å². The first-order valence-electron chi connectivity index (χ1n) is 10.8. The fourth-order valence-corrected chi connectivity index (χ4v) is 4.99. The maximum absolute atomic E-state index is 11.0. The number of hydrogen-bond acceptors (Lipinski definition) is 7. The van der Waals surface area contributed by atoms with Gasteiger partial charge < -0.3 is 14.4 Å². The number of nitrogens with one attached hydrogen (secondary N) is 1. The van der Waals surface area contributed by atoms with Crippen LogP contribution in [0.2, 0.25) is 0 Å². The summed E-state index contributed by atoms with van der Waals surface area (Å²) in [6.45, 7) is 1.99. The summed E-state index contributed by atoms with van der Waals surface area (Å²) < 4.78 is 4.99. The summed E-state index contributed by atoms with van der Waals surface area (Å²) in [7, 11) is 0. The van der Waals surface area contributed by atoms with Crippen molar-refractivity contribution in [1.82, 2.24) is 25.1 Å². The quantitative estimate of drug-likeness (QED) is 0.637. The Balaban J connectivity index is 1.19. The van der Waals surface area contributed by atoms with Crippen molar-refractivity contribution in [2.45, 2.75) is 44.9 Å². The topological polar surface area (TPSA) is 121 Å². The molecule has 1 saturated carbocycles. The molecule has 0 unspecified atom stereocenters. The Morgan fingerprint density at radius 2 is 2.00 bits per heavy atom. The van der Waals surface area contributed by atoms with Crippen LogP contribution in [0.1, 0.15) is 44.9 Å². The van der Waals surface area contributed by atoms with Gasteiger partial charge in [0.25, 0.3) is 0 Å². The number of carboxylic acid groups (broad SMARTS) is 1. The molecule has 2 N–H and O–H groups in total. The molecule has 1 aliphatic carbocycles. The standard InChI is InChI=1S/C22H26N6O3/c29-19(30)11-15-3-5-22(6-4-15)7-9-28(10-8-22)18-2-1-16(12-23-18)20-25-21(27-26-20)17-13-31-14-24-17/h1-2,12-15H,3-11H2,(H,29,30)(H,25,26,27). The van der Waals surface area contributed by atoms with E-state index in [2.05, 4.69) is 30.0 Å². The lowest BCUT2D eigenvalue weighted by Gasteiger charge is -2.46. The maximum atomic E-state index is 11.0. The smallest absolute Gasteiger partial charge is 0.303 e. The molecule has 3 aromatic heterocycles. The molecule has 31 heavy (non-hydrogen) atoms. The Morgan fingerprint density at radius 1 is 1.19 bits per heavy atom. The Kier molecular flexibility index (Phi) is 5.17. The summed E-state index contributed by atoms with van der Waals surface area (Å²) in [5.41, 5.74) is 1.85. The van der Waals surface area contributed by atoms with Crippen molar-refractivity contribution in [2.75, 3.05) is 18.0 Å². The predicted molar refractivity (Wildman–Crippen MR) is 113 cm³/mol. The highest BCUT2D eigenvalue weighted by atomic mass is 16.4. The van der Waals surface area contributed by atoms with Crippen molar-refractivity contribution in [3.05, 3.63) is 31.0 Å². The monoisotopic (exact) mass is 422 g/mol. The number of aromatic amines is 1. The zero-order chi connectivity index (χ0) is 21.3. The molecule has 0 amide bonds. The van der Waals surface area contributed by atoms with Gasteiger partial charge in [-0.1, -0.05) is 0 Å². The van der Waals surface area contributed by atoms with Crippen molar-refractivity contribution < 1.29 is 14.3 Å². The molecule has 5 rings (SSSR count). The highest BCUT2D eigenvalue weighted by Crippen LogP contribution is 2.47. The Labute approximate surface area is 179 Å². The number of oxazole rings is 1. The predicted octanol–water partition coefficient (Wildman–Crippen LogP) is 3.77. The summed E-state index contributed by atoms with van der Waals surface area (Å²) in [5.74, 6) is 1.81. The van der Waals surface area contributed by atoms with Crippen LogP contribution in [0, 0.1) is 11.3 Å². The Hall–Kier alpha value is -3.23. The van der Waals surface area contributed by atoms with E-state index in [1.54, 1.807) is 0 Å². The first-order valence-corrected chi connectivity index (χ1v) is 10.8. The number of H-pyrrole nitrogens is 1. The van der Waals surface area contributed by atoms with Crippen molar-refractivity contribution in [2.24, 2.45) is 11.3 Å². The second-order valence-electron chi connectivity index (χ2n) is 8.81. The summed E-state index contributed by atoms with van der Waals surface area (Å²) in [6, 6.07) is 4.03. The second-order valence-corrected chi connectivity index (χ2v) is 8.81. The molecule has 0 bridgehead atoms. The second kappa shape index (κ2) is 8.13. The highest BCUT2D eigenvalue weighted by Gasteiger charge is 2.38. The van der Waals surface area contributed by atoms with Gasteiger partial charge in [-0.05, 0) is 62.0 Å². The average Bonchev–Trinajstić information content (AvgIpc) is 3.48. The number of aliphatic carboxylic acids is 1. The van der Waals surface area contributed by atoms with E-state index in [0.29, 0.717) is 35.1 Å². The van der Waals surface area contributed by atoms with Crippen LogP contribution in [0.15, 0.2) is 35.4 Å². The van der Waals surface area contributed by atoms with E-state index in [1.165, 1.54) is 12.7 Å². The number of rotatable bonds is 5. The number of carboxylic acids is 1. The van der Waals surface area contributed by atoms with Gasteiger partial charge in [0.2, 0.25) is 0 Å². The van der Waals surface area contributed by atoms with Gasteiger partial charge >= 0.3 is 5.97 Å². The third kappa shape index (κ3) is 4.17. The lowest BCUT2D eigenvalue weighted by atomic mass is 9.65. The summed E-state index contributed by atoms with van der Waals surface area (Å²) in [5, 5.41) is 16.2. The molecule has 1 aliphatic heterocycles. The minimum absolute atomic E-state index is 0.323. The molecule has 9 nitrogen and oxygen atoms in total. The van der Waals surface area contributed by atoms with E-state index in [9.17, 15) is 4.79 Å². The molecular weight excluding hydrogens is 396 g/mol. The molecule has 162 valence electrons. The zero-order valence-corrected chi connectivity index (χ0v) is 17.3. The van der Waals surface area contributed by atoms with E-state index < -0.39 is 5.97 Å². The molecule has 1 spiro atoms. The van der Waals surface area contributed by atoms with E-state index in [1.807, 2.05) is 18.3 Å². The van der Waals surface area contributed by atoms with Gasteiger partial charge in [-0.25, -0.2) is 15.0 Å². The molecule has 0 radical (unpaired) electrons. The van der Waals surface area contributed by atoms with Gasteiger partial charge in [-0.3, -0.25) is 9.89 Å². The van der Waals surface area contributed by atoms with Crippen LogP contribution in [0.25, 0.3) is 22.9 Å². The van der Waals surface area contributed by atoms with Crippen molar-refractivity contribution in [1.29, 1.82) is 0 Å². The molecule has 0 aromatic carbocycles. The lowest BCUT2D eigenvalue weighted by Crippen LogP contribution is -2.42. The third-order valence-electron chi connectivity index (χ3n) is 6.94. The number of piperidine rings is 1. The van der Waals surface area contributed by atoms with Gasteiger partial charge in [0.1, 0.15) is 17.8 Å². The van der Waals surface area contributed by atoms with Crippen LogP contribution in [0.5, 0.6) is 0 Å². The normalized spacial score (nSPS) is 19.0. The van der Waals surface area contributed by atoms with Crippen molar-refractivity contribution in [3.63, 3.8) is 0 Å². The molecule has 4 heterocycles. The zero-order valence-electron chi connectivity index (χ0n) is 17.3. The van der Waals surface area contributed by atoms with Crippen LogP contribution in [-0.4, -0.2) is 49.3 Å². The largest absolute Gasteiger partial charge is 0.481 e. The van der Waals surface area contributed by atoms with Crippen LogP contribution in [0.4, 0.5) is 5.82 Å². The highest BCUT2D eigenvalue weighted by molar-refractivity contribution is 5.67. The SMILES string of the molecule is O=C(O)CC1CCC2(CC1)CCN(c1ccc(-c3n[nH]c(-c4cocn4)n3)cn1)CC2. The van der Waals surface area contributed by atoms with Crippen LogP contribution >= 0.6 is 0 Å². The lowest BCUT2D eigenvalue weighted by molar-refractivity contribution is -0.138. The first kappa shape index (κ1) is 19.7. The van der Waals surface area contributed by atoms with Gasteiger partial charge in [-0.2, -0.15) is 5.10 Å². The molecule has 3 aromatic rings. The summed E-state index contributed by atoms with van der Waals surface area (Å²) in [6.07, 6.45) is 11.7. The number of aromatic nitrogens is 5. The number of nitrogens with zero attached hydrogens (tertiary/aromatic N) is 5. The molecule has 2 aliphatic rings. The Bertz CT molecular complexity index is 1010. The summed E-state index contributed by atoms with van der Waals surface area (Å²) >= 11 is 0. The van der Waals surface area contributed by atoms with E-state index in [4.69, 9.17) is 9.52 Å². The summed E-state index contributed by atoms with van der Waals surface area (Å²) in [4.78, 5) is 26.5. The molecule has 0 atom stereocenters. The average molecular weight is 422 g/mol. The maximum Gasteiger partial charge on any atom is 0.303 e. The van der Waals surface area contributed by atoms with Crippen LogP contribution < -0.4 is 4.90 Å².